The Balaban J connectivity index is 4.22. The molecule has 0 aliphatic carbocycles. The number of allylic oxidation sites excluding steroid dienone is 20. The Bertz CT molecular complexity index is 1690. The van der Waals surface area contributed by atoms with E-state index in [1.54, 1.807) is 0 Å². The normalized spacial score (nSPS) is 12.9. The van der Waals surface area contributed by atoms with Gasteiger partial charge in [0, 0.05) is 19.3 Å². The lowest BCUT2D eigenvalue weighted by atomic mass is 10.0. The van der Waals surface area contributed by atoms with Crippen LogP contribution < -0.4 is 0 Å². The molecule has 0 N–H and O–H groups in total. The van der Waals surface area contributed by atoms with Gasteiger partial charge in [-0.1, -0.05) is 296 Å². The smallest absolute Gasteiger partial charge is 0.306 e. The molecule has 0 aliphatic rings. The summed E-state index contributed by atoms with van der Waals surface area (Å²) >= 11 is 0. The Morgan fingerprint density at radius 2 is 0.476 bits per heavy atom. The van der Waals surface area contributed by atoms with Crippen molar-refractivity contribution < 1.29 is 28.6 Å². The zero-order valence-corrected chi connectivity index (χ0v) is 53.7. The van der Waals surface area contributed by atoms with Crippen molar-refractivity contribution >= 4 is 17.9 Å². The van der Waals surface area contributed by atoms with Gasteiger partial charge in [0.15, 0.2) is 6.10 Å². The Morgan fingerprint density at radius 1 is 0.256 bits per heavy atom. The molecule has 82 heavy (non-hydrogen) atoms. The maximum atomic E-state index is 12.9. The van der Waals surface area contributed by atoms with Crippen LogP contribution in [-0.2, 0) is 28.6 Å². The molecule has 0 aromatic heterocycles. The molecule has 6 heteroatoms. The number of hydrogen-bond acceptors (Lipinski definition) is 6. The van der Waals surface area contributed by atoms with Gasteiger partial charge < -0.3 is 14.2 Å². The van der Waals surface area contributed by atoms with E-state index >= 15 is 0 Å². The summed E-state index contributed by atoms with van der Waals surface area (Å²) in [5.41, 5.74) is 0. The minimum Gasteiger partial charge on any atom is -0.462 e. The fourth-order valence-corrected chi connectivity index (χ4v) is 9.57. The molecule has 0 rings (SSSR count). The summed E-state index contributed by atoms with van der Waals surface area (Å²) in [6, 6.07) is 0. The molecule has 0 aromatic carbocycles. The van der Waals surface area contributed by atoms with Crippen molar-refractivity contribution in [3.8, 4) is 0 Å². The number of hydrogen-bond donors (Lipinski definition) is 0. The van der Waals surface area contributed by atoms with Crippen molar-refractivity contribution in [3.63, 3.8) is 0 Å². The van der Waals surface area contributed by atoms with Crippen molar-refractivity contribution in [2.24, 2.45) is 0 Å². The second kappa shape index (κ2) is 69.3. The van der Waals surface area contributed by atoms with Crippen LogP contribution >= 0.6 is 0 Å². The van der Waals surface area contributed by atoms with Crippen LogP contribution in [0.4, 0.5) is 0 Å². The largest absolute Gasteiger partial charge is 0.462 e. The molecule has 6 nitrogen and oxygen atoms in total. The Morgan fingerprint density at radius 3 is 0.744 bits per heavy atom. The van der Waals surface area contributed by atoms with E-state index in [4.69, 9.17) is 14.2 Å². The Hall–Kier alpha value is -4.19. The highest BCUT2D eigenvalue weighted by molar-refractivity contribution is 5.71. The van der Waals surface area contributed by atoms with Gasteiger partial charge >= 0.3 is 17.9 Å². The predicted molar refractivity (Wildman–Crippen MR) is 357 cm³/mol. The van der Waals surface area contributed by atoms with E-state index in [0.717, 1.165) is 154 Å². The third kappa shape index (κ3) is 66.6. The van der Waals surface area contributed by atoms with E-state index in [9.17, 15) is 14.4 Å². The third-order valence-corrected chi connectivity index (χ3v) is 14.7. The van der Waals surface area contributed by atoms with Gasteiger partial charge in [0.2, 0.25) is 0 Å². The van der Waals surface area contributed by atoms with E-state index in [0.29, 0.717) is 19.3 Å². The first-order chi connectivity index (χ1) is 40.5. The predicted octanol–water partition coefficient (Wildman–Crippen LogP) is 23.9. The molecule has 0 amide bonds. The van der Waals surface area contributed by atoms with Crippen molar-refractivity contribution in [1.29, 1.82) is 0 Å². The van der Waals surface area contributed by atoms with Gasteiger partial charge in [-0.25, -0.2) is 0 Å². The highest BCUT2D eigenvalue weighted by Crippen LogP contribution is 2.17. The van der Waals surface area contributed by atoms with E-state index in [1.807, 2.05) is 0 Å². The van der Waals surface area contributed by atoms with Crippen LogP contribution in [-0.4, -0.2) is 37.2 Å². The summed E-state index contributed by atoms with van der Waals surface area (Å²) in [4.78, 5) is 38.4. The second-order valence-corrected chi connectivity index (χ2v) is 22.7. The average molecular weight is 1140 g/mol. The van der Waals surface area contributed by atoms with Gasteiger partial charge in [-0.3, -0.25) is 14.4 Å². The first kappa shape index (κ1) is 77.8. The number of carbonyl (C=O) groups is 3. The summed E-state index contributed by atoms with van der Waals surface area (Å²) in [6.45, 7) is 6.40. The molecular weight excluding hydrogens is 1010 g/mol. The van der Waals surface area contributed by atoms with E-state index in [1.165, 1.54) is 128 Å². The minimum atomic E-state index is -0.795. The fraction of sp³-hybridized carbons (Fsp3) is 0.697. The number of esters is 3. The van der Waals surface area contributed by atoms with E-state index in [2.05, 4.69) is 142 Å². The molecule has 468 valence electrons. The maximum Gasteiger partial charge on any atom is 0.306 e. The van der Waals surface area contributed by atoms with E-state index in [-0.39, 0.29) is 31.1 Å². The van der Waals surface area contributed by atoms with Crippen LogP contribution in [0.5, 0.6) is 0 Å². The molecule has 0 radical (unpaired) electrons. The summed E-state index contributed by atoms with van der Waals surface area (Å²) in [7, 11) is 0. The first-order valence-electron chi connectivity index (χ1n) is 34.5. The highest BCUT2D eigenvalue weighted by Gasteiger charge is 2.19. The zero-order valence-electron chi connectivity index (χ0n) is 53.7. The minimum absolute atomic E-state index is 0.0887. The average Bonchev–Trinajstić information content (AvgIpc) is 3.47. The molecule has 0 aromatic rings. The van der Waals surface area contributed by atoms with Gasteiger partial charge in [-0.15, -0.1) is 0 Å². The van der Waals surface area contributed by atoms with Crippen LogP contribution in [0.2, 0.25) is 0 Å². The van der Waals surface area contributed by atoms with Crippen molar-refractivity contribution in [1.82, 2.24) is 0 Å². The molecule has 0 saturated carbocycles. The lowest BCUT2D eigenvalue weighted by Crippen LogP contribution is -2.30. The summed E-state index contributed by atoms with van der Waals surface area (Å²) in [5.74, 6) is -0.910. The Labute approximate surface area is 507 Å². The molecule has 0 saturated heterocycles. The number of rotatable bonds is 62. The van der Waals surface area contributed by atoms with Crippen LogP contribution in [0.3, 0.4) is 0 Å². The maximum absolute atomic E-state index is 12.9. The number of ether oxygens (including phenoxy) is 3. The molecular formula is C76H128O6. The standard InChI is InChI=1S/C76H128O6/c1-4-7-10-13-16-19-22-25-28-30-31-32-33-34-35-36-37-38-39-40-41-42-43-44-45-46-49-51-54-57-60-63-66-69-75(78)81-72-73(71-80-74(77)68-65-62-59-56-53-50-47-27-24-21-18-15-12-9-6-3)82-76(79)70-67-64-61-58-55-52-48-29-26-23-20-17-14-11-8-5-2/h7,9-10,12,16,18-21,23,25,27-29,31-32,34-35,47-48,73H,4-6,8,11,13-15,17,22,24,26,30,33,36-46,49-72H2,1-3H3/b10-7-,12-9-,19-16-,21-18-,23-20-,28-25-,32-31-,35-34-,47-27-,48-29-. The van der Waals surface area contributed by atoms with Crippen molar-refractivity contribution in [3.05, 3.63) is 122 Å². The summed E-state index contributed by atoms with van der Waals surface area (Å²) < 4.78 is 16.9. The molecule has 0 heterocycles. The second-order valence-electron chi connectivity index (χ2n) is 22.7. The number of unbranched alkanes of at least 4 members (excludes halogenated alkanes) is 31. The van der Waals surface area contributed by atoms with Crippen LogP contribution in [0, 0.1) is 0 Å². The molecule has 1 unspecified atom stereocenters. The van der Waals surface area contributed by atoms with Crippen LogP contribution in [0.15, 0.2) is 122 Å². The SMILES string of the molecule is CC/C=C\C/C=C\C/C=C\C/C=C\C/C=C\CCCCCCCCCCCCCCCCCCCC(=O)OCC(COC(=O)CCCCCCC/C=C\C/C=C\C/C=C\CC)OC(=O)CCCCCCC/C=C\C/C=C\CCCCCC. The topological polar surface area (TPSA) is 78.9 Å². The molecule has 0 aliphatic heterocycles. The first-order valence-corrected chi connectivity index (χ1v) is 34.5. The quantitative estimate of drug-likeness (QED) is 0.0261. The van der Waals surface area contributed by atoms with Crippen LogP contribution in [0.1, 0.15) is 323 Å². The van der Waals surface area contributed by atoms with Crippen LogP contribution in [0.25, 0.3) is 0 Å². The fourth-order valence-electron chi connectivity index (χ4n) is 9.57. The molecule has 0 bridgehead atoms. The van der Waals surface area contributed by atoms with Crippen molar-refractivity contribution in [2.75, 3.05) is 13.2 Å². The van der Waals surface area contributed by atoms with Crippen molar-refractivity contribution in [2.45, 2.75) is 329 Å². The Kier molecular flexibility index (Phi) is 65.8. The molecule has 0 spiro atoms. The lowest BCUT2D eigenvalue weighted by Gasteiger charge is -2.18. The lowest BCUT2D eigenvalue weighted by molar-refractivity contribution is -0.167. The van der Waals surface area contributed by atoms with Gasteiger partial charge in [0.25, 0.3) is 0 Å². The monoisotopic (exact) mass is 1140 g/mol. The number of carbonyl (C=O) groups excluding carboxylic acids is 3. The van der Waals surface area contributed by atoms with Gasteiger partial charge in [-0.2, -0.15) is 0 Å². The summed E-state index contributed by atoms with van der Waals surface area (Å²) in [5, 5.41) is 0. The highest BCUT2D eigenvalue weighted by atomic mass is 16.6. The zero-order chi connectivity index (χ0) is 59.2. The van der Waals surface area contributed by atoms with Gasteiger partial charge in [-0.05, 0) is 128 Å². The molecule has 0 fully saturated rings. The van der Waals surface area contributed by atoms with Gasteiger partial charge in [0.05, 0.1) is 0 Å². The van der Waals surface area contributed by atoms with Gasteiger partial charge in [0.1, 0.15) is 13.2 Å². The molecule has 1 atom stereocenters. The third-order valence-electron chi connectivity index (χ3n) is 14.7. The van der Waals surface area contributed by atoms with E-state index < -0.39 is 6.10 Å². The summed E-state index contributed by atoms with van der Waals surface area (Å²) in [6.07, 6.45) is 96.5.